The molecule has 1 aliphatic rings. The van der Waals surface area contributed by atoms with E-state index >= 15 is 4.39 Å². The van der Waals surface area contributed by atoms with E-state index in [1.165, 1.54) is 28.8 Å². The standard InChI is InChI=1S/C30H31F3N4O3/c1-19(2)36-12-3-4-20(17-36)18-37-29(24-8-6-22(15-26(24)33)39-13-11-31)35-27-9-7-23(14-25(27)30(37)38)40-28-10-5-21(32)16-34-28/h5-10,14-16,19-20H,3-4,11-13,17-18H2,1-2H3. The highest BCUT2D eigenvalue weighted by molar-refractivity contribution is 5.81. The van der Waals surface area contributed by atoms with Crippen molar-refractivity contribution in [2.24, 2.45) is 5.92 Å². The molecule has 210 valence electrons. The third kappa shape index (κ3) is 6.12. The third-order valence-electron chi connectivity index (χ3n) is 7.10. The number of nitrogens with zero attached hydrogens (tertiary/aromatic N) is 4. The maximum absolute atomic E-state index is 15.4. The van der Waals surface area contributed by atoms with Gasteiger partial charge in [-0.2, -0.15) is 0 Å². The van der Waals surface area contributed by atoms with Crippen LogP contribution in [0.3, 0.4) is 0 Å². The molecule has 1 fully saturated rings. The number of hydrogen-bond acceptors (Lipinski definition) is 6. The van der Waals surface area contributed by atoms with Gasteiger partial charge in [-0.05, 0) is 75.5 Å². The number of likely N-dealkylation sites (tertiary alicyclic amines) is 1. The highest BCUT2D eigenvalue weighted by Crippen LogP contribution is 2.29. The molecule has 40 heavy (non-hydrogen) atoms. The van der Waals surface area contributed by atoms with E-state index in [1.807, 2.05) is 0 Å². The molecular weight excluding hydrogens is 521 g/mol. The lowest BCUT2D eigenvalue weighted by Gasteiger charge is -2.35. The van der Waals surface area contributed by atoms with Crippen LogP contribution in [0.2, 0.25) is 0 Å². The molecule has 2 aromatic carbocycles. The zero-order valence-corrected chi connectivity index (χ0v) is 22.4. The first kappa shape index (κ1) is 27.6. The van der Waals surface area contributed by atoms with Crippen LogP contribution in [0.5, 0.6) is 17.4 Å². The predicted octanol–water partition coefficient (Wildman–Crippen LogP) is 6.00. The smallest absolute Gasteiger partial charge is 0.261 e. The Labute approximate surface area is 230 Å². The van der Waals surface area contributed by atoms with Gasteiger partial charge in [-0.15, -0.1) is 0 Å². The van der Waals surface area contributed by atoms with Gasteiger partial charge in [0.1, 0.15) is 42.2 Å². The molecule has 3 heterocycles. The summed E-state index contributed by atoms with van der Waals surface area (Å²) in [5.74, 6) is -0.00507. The van der Waals surface area contributed by atoms with Crippen molar-refractivity contribution in [3.63, 3.8) is 0 Å². The number of rotatable bonds is 9. The fraction of sp³-hybridized carbons (Fsp3) is 0.367. The Kier molecular flexibility index (Phi) is 8.35. The Morgan fingerprint density at radius 3 is 2.62 bits per heavy atom. The Morgan fingerprint density at radius 1 is 1.07 bits per heavy atom. The zero-order chi connectivity index (χ0) is 28.2. The number of alkyl halides is 1. The number of piperidine rings is 1. The van der Waals surface area contributed by atoms with Gasteiger partial charge < -0.3 is 14.4 Å². The van der Waals surface area contributed by atoms with Crippen molar-refractivity contribution in [3.05, 3.63) is 76.7 Å². The van der Waals surface area contributed by atoms with Gasteiger partial charge in [0, 0.05) is 31.3 Å². The summed E-state index contributed by atoms with van der Waals surface area (Å²) in [6.45, 7) is 5.62. The molecule has 7 nitrogen and oxygen atoms in total. The van der Waals surface area contributed by atoms with E-state index in [1.54, 1.807) is 24.3 Å². The minimum Gasteiger partial charge on any atom is -0.491 e. The molecule has 1 saturated heterocycles. The van der Waals surface area contributed by atoms with Gasteiger partial charge in [-0.25, -0.2) is 23.1 Å². The quantitative estimate of drug-likeness (QED) is 0.254. The van der Waals surface area contributed by atoms with Gasteiger partial charge in [0.25, 0.3) is 5.56 Å². The average molecular weight is 553 g/mol. The normalized spacial score (nSPS) is 16.0. The van der Waals surface area contributed by atoms with E-state index < -0.39 is 18.3 Å². The number of aromatic nitrogens is 3. The SMILES string of the molecule is CC(C)N1CCCC(Cn2c(-c3ccc(OCCF)cc3F)nc3ccc(Oc4ccc(F)cn4)cc3c2=O)C1. The first-order chi connectivity index (χ1) is 19.3. The fourth-order valence-electron chi connectivity index (χ4n) is 5.08. The molecule has 1 atom stereocenters. The zero-order valence-electron chi connectivity index (χ0n) is 22.4. The lowest BCUT2D eigenvalue weighted by molar-refractivity contribution is 0.130. The highest BCUT2D eigenvalue weighted by Gasteiger charge is 2.25. The van der Waals surface area contributed by atoms with E-state index in [2.05, 4.69) is 23.7 Å². The molecular formula is C30H31F3N4O3. The molecule has 0 N–H and O–H groups in total. The van der Waals surface area contributed by atoms with Crippen LogP contribution in [-0.4, -0.2) is 51.8 Å². The summed E-state index contributed by atoms with van der Waals surface area (Å²) >= 11 is 0. The lowest BCUT2D eigenvalue weighted by Crippen LogP contribution is -2.42. The van der Waals surface area contributed by atoms with Crippen LogP contribution in [0.4, 0.5) is 13.2 Å². The summed E-state index contributed by atoms with van der Waals surface area (Å²) < 4.78 is 53.7. The molecule has 0 spiro atoms. The summed E-state index contributed by atoms with van der Waals surface area (Å²) in [7, 11) is 0. The minimum atomic E-state index is -0.688. The Balaban J connectivity index is 1.57. The van der Waals surface area contributed by atoms with E-state index in [0.717, 1.165) is 32.1 Å². The maximum Gasteiger partial charge on any atom is 0.261 e. The van der Waals surface area contributed by atoms with Crippen LogP contribution < -0.4 is 15.0 Å². The minimum absolute atomic E-state index is 0.152. The molecule has 5 rings (SSSR count). The Morgan fingerprint density at radius 2 is 1.90 bits per heavy atom. The van der Waals surface area contributed by atoms with Crippen LogP contribution in [0.1, 0.15) is 26.7 Å². The molecule has 10 heteroatoms. The van der Waals surface area contributed by atoms with Crippen molar-refractivity contribution in [2.45, 2.75) is 39.3 Å². The van der Waals surface area contributed by atoms with Gasteiger partial charge in [0.05, 0.1) is 22.7 Å². The summed E-state index contributed by atoms with van der Waals surface area (Å²) in [5.41, 5.74) is 0.204. The van der Waals surface area contributed by atoms with Gasteiger partial charge in [0.15, 0.2) is 0 Å². The van der Waals surface area contributed by atoms with Crippen LogP contribution in [0.25, 0.3) is 22.3 Å². The van der Waals surface area contributed by atoms with E-state index in [9.17, 15) is 13.6 Å². The van der Waals surface area contributed by atoms with Crippen molar-refractivity contribution in [2.75, 3.05) is 26.4 Å². The second-order valence-corrected chi connectivity index (χ2v) is 10.2. The summed E-state index contributed by atoms with van der Waals surface area (Å²) in [6.07, 6.45) is 2.99. The van der Waals surface area contributed by atoms with Crippen LogP contribution in [-0.2, 0) is 6.54 Å². The fourth-order valence-corrected chi connectivity index (χ4v) is 5.08. The molecule has 1 unspecified atom stereocenters. The predicted molar refractivity (Wildman–Crippen MR) is 147 cm³/mol. The molecule has 1 aliphatic heterocycles. The Hall–Kier alpha value is -3.92. The first-order valence-electron chi connectivity index (χ1n) is 13.4. The topological polar surface area (TPSA) is 69.5 Å². The van der Waals surface area contributed by atoms with E-state index in [4.69, 9.17) is 14.5 Å². The van der Waals surface area contributed by atoms with E-state index in [0.29, 0.717) is 29.2 Å². The molecule has 0 saturated carbocycles. The van der Waals surface area contributed by atoms with Crippen LogP contribution >= 0.6 is 0 Å². The number of hydrogen-bond donors (Lipinski definition) is 0. The van der Waals surface area contributed by atoms with Crippen molar-refractivity contribution < 1.29 is 22.6 Å². The summed E-state index contributed by atoms with van der Waals surface area (Å²) in [4.78, 5) is 25.0. The highest BCUT2D eigenvalue weighted by atomic mass is 19.1. The second kappa shape index (κ2) is 12.1. The van der Waals surface area contributed by atoms with Crippen molar-refractivity contribution in [1.29, 1.82) is 0 Å². The largest absolute Gasteiger partial charge is 0.491 e. The van der Waals surface area contributed by atoms with Crippen molar-refractivity contribution >= 4 is 10.9 Å². The van der Waals surface area contributed by atoms with Gasteiger partial charge in [-0.3, -0.25) is 9.36 Å². The molecule has 4 aromatic rings. The molecule has 2 aromatic heterocycles. The van der Waals surface area contributed by atoms with Gasteiger partial charge >= 0.3 is 0 Å². The molecule has 0 bridgehead atoms. The van der Waals surface area contributed by atoms with E-state index in [-0.39, 0.29) is 41.1 Å². The Bertz CT molecular complexity index is 1540. The average Bonchev–Trinajstić information content (AvgIpc) is 2.95. The number of benzene rings is 2. The monoisotopic (exact) mass is 552 g/mol. The molecule has 0 radical (unpaired) electrons. The molecule has 0 amide bonds. The maximum atomic E-state index is 15.4. The van der Waals surface area contributed by atoms with Crippen LogP contribution in [0, 0.1) is 17.6 Å². The first-order valence-corrected chi connectivity index (χ1v) is 13.4. The van der Waals surface area contributed by atoms with Crippen molar-refractivity contribution in [1.82, 2.24) is 19.4 Å². The number of fused-ring (bicyclic) bond motifs is 1. The third-order valence-corrected chi connectivity index (χ3v) is 7.10. The van der Waals surface area contributed by atoms with Crippen LogP contribution in [0.15, 0.2) is 59.5 Å². The number of halogens is 3. The molecule has 0 aliphatic carbocycles. The summed E-state index contributed by atoms with van der Waals surface area (Å²) in [6, 6.07) is 12.1. The lowest BCUT2D eigenvalue weighted by atomic mass is 9.96. The summed E-state index contributed by atoms with van der Waals surface area (Å²) in [5, 5.41) is 0.309. The number of pyridine rings is 1. The van der Waals surface area contributed by atoms with Gasteiger partial charge in [-0.1, -0.05) is 0 Å². The second-order valence-electron chi connectivity index (χ2n) is 10.2. The van der Waals surface area contributed by atoms with Crippen molar-refractivity contribution in [3.8, 4) is 28.8 Å². The number of ether oxygens (including phenoxy) is 2. The van der Waals surface area contributed by atoms with Gasteiger partial charge in [0.2, 0.25) is 5.88 Å².